The number of methoxy groups -OCH3 is 1. The molecule has 26 heavy (non-hydrogen) atoms. The maximum absolute atomic E-state index is 11.8. The summed E-state index contributed by atoms with van der Waals surface area (Å²) in [5, 5.41) is 2.94. The highest BCUT2D eigenvalue weighted by Crippen LogP contribution is 2.24. The van der Waals surface area contributed by atoms with E-state index in [-0.39, 0.29) is 10.8 Å². The summed E-state index contributed by atoms with van der Waals surface area (Å²) in [6.45, 7) is -0.487. The number of ether oxygens (including phenoxy) is 2. The number of benzene rings is 1. The van der Waals surface area contributed by atoms with Crippen molar-refractivity contribution in [2.45, 2.75) is 0 Å². The van der Waals surface area contributed by atoms with Gasteiger partial charge in [0.2, 0.25) is 0 Å². The molecule has 1 aromatic carbocycles. The van der Waals surface area contributed by atoms with E-state index in [4.69, 9.17) is 32.7 Å². The molecular weight excluding hydrogens is 447 g/mol. The lowest BCUT2D eigenvalue weighted by atomic mass is 10.2. The van der Waals surface area contributed by atoms with Gasteiger partial charge >= 0.3 is 5.97 Å². The van der Waals surface area contributed by atoms with Crippen LogP contribution in [0, 0.1) is 0 Å². The van der Waals surface area contributed by atoms with E-state index < -0.39 is 18.5 Å². The third-order valence-electron chi connectivity index (χ3n) is 3.00. The van der Waals surface area contributed by atoms with E-state index in [9.17, 15) is 9.59 Å². The van der Waals surface area contributed by atoms with E-state index in [0.29, 0.717) is 16.3 Å². The van der Waals surface area contributed by atoms with Crippen LogP contribution < -0.4 is 10.1 Å². The summed E-state index contributed by atoms with van der Waals surface area (Å²) in [5.41, 5.74) is 0.681. The van der Waals surface area contributed by atoms with E-state index in [0.717, 1.165) is 4.47 Å². The summed E-state index contributed by atoms with van der Waals surface area (Å²) in [4.78, 5) is 27.5. The quantitative estimate of drug-likeness (QED) is 0.513. The fourth-order valence-electron chi connectivity index (χ4n) is 1.85. The molecule has 1 heterocycles. The number of nitrogens with zero attached hydrogens (tertiary/aromatic N) is 1. The minimum Gasteiger partial charge on any atom is -0.496 e. The van der Waals surface area contributed by atoms with Crippen LogP contribution in [0.15, 0.2) is 41.0 Å². The number of hydrogen-bond acceptors (Lipinski definition) is 5. The van der Waals surface area contributed by atoms with Crippen LogP contribution in [-0.4, -0.2) is 30.6 Å². The maximum Gasteiger partial charge on any atom is 0.331 e. The van der Waals surface area contributed by atoms with Crippen LogP contribution in [-0.2, 0) is 14.3 Å². The minimum atomic E-state index is -0.683. The van der Waals surface area contributed by atoms with Crippen molar-refractivity contribution in [3.05, 3.63) is 56.6 Å². The molecule has 2 aromatic rings. The Hall–Kier alpha value is -2.09. The molecule has 0 bridgehead atoms. The van der Waals surface area contributed by atoms with Crippen LogP contribution in [0.1, 0.15) is 5.56 Å². The van der Waals surface area contributed by atoms with Gasteiger partial charge in [-0.3, -0.25) is 4.79 Å². The smallest absolute Gasteiger partial charge is 0.331 e. The SMILES string of the molecule is COc1ccc(Br)cc1/C=C/C(=O)OCC(=O)Nc1ncc(Cl)cc1Cl. The fourth-order valence-corrected chi connectivity index (χ4v) is 2.66. The van der Waals surface area contributed by atoms with Gasteiger partial charge in [0.25, 0.3) is 5.91 Å². The molecule has 2 rings (SSSR count). The van der Waals surface area contributed by atoms with Gasteiger partial charge in [-0.1, -0.05) is 39.1 Å². The van der Waals surface area contributed by atoms with Gasteiger partial charge in [0, 0.05) is 22.3 Å². The molecule has 0 saturated carbocycles. The summed E-state index contributed by atoms with van der Waals surface area (Å²) in [6.07, 6.45) is 4.07. The highest BCUT2D eigenvalue weighted by atomic mass is 79.9. The number of aromatic nitrogens is 1. The van der Waals surface area contributed by atoms with E-state index in [1.165, 1.54) is 31.5 Å². The number of carbonyl (C=O) groups is 2. The van der Waals surface area contributed by atoms with Gasteiger partial charge in [-0.05, 0) is 30.3 Å². The molecule has 6 nitrogen and oxygen atoms in total. The van der Waals surface area contributed by atoms with Gasteiger partial charge in [-0.15, -0.1) is 0 Å². The van der Waals surface area contributed by atoms with Crippen LogP contribution in [0.3, 0.4) is 0 Å². The van der Waals surface area contributed by atoms with Gasteiger partial charge in [0.1, 0.15) is 5.75 Å². The van der Waals surface area contributed by atoms with E-state index in [1.807, 2.05) is 6.07 Å². The van der Waals surface area contributed by atoms with Crippen LogP contribution in [0.4, 0.5) is 5.82 Å². The van der Waals surface area contributed by atoms with Crippen molar-refractivity contribution in [2.75, 3.05) is 19.0 Å². The fraction of sp³-hybridized carbons (Fsp3) is 0.118. The summed E-state index contributed by atoms with van der Waals surface area (Å²) < 4.78 is 10.9. The number of hydrogen-bond donors (Lipinski definition) is 1. The second-order valence-electron chi connectivity index (χ2n) is 4.86. The number of esters is 1. The standard InChI is InChI=1S/C17H13BrCl2N2O4/c1-25-14-4-3-11(18)6-10(14)2-5-16(24)26-9-15(23)22-17-13(20)7-12(19)8-21-17/h2-8H,9H2,1H3,(H,21,22,23)/b5-2+. The number of halogens is 3. The first-order valence-corrected chi connectivity index (χ1v) is 8.73. The first kappa shape index (κ1) is 20.2. The van der Waals surface area contributed by atoms with Crippen molar-refractivity contribution in [1.29, 1.82) is 0 Å². The minimum absolute atomic E-state index is 0.131. The molecule has 136 valence electrons. The lowest BCUT2D eigenvalue weighted by Gasteiger charge is -2.07. The van der Waals surface area contributed by atoms with Crippen LogP contribution in [0.5, 0.6) is 5.75 Å². The number of rotatable bonds is 6. The summed E-state index contributed by atoms with van der Waals surface area (Å²) >= 11 is 15.0. The number of pyridine rings is 1. The Labute approximate surface area is 168 Å². The number of carbonyl (C=O) groups excluding carboxylic acids is 2. The molecule has 0 unspecified atom stereocenters. The Kier molecular flexibility index (Phi) is 7.44. The van der Waals surface area contributed by atoms with Crippen molar-refractivity contribution < 1.29 is 19.1 Å². The van der Waals surface area contributed by atoms with Crippen molar-refractivity contribution in [2.24, 2.45) is 0 Å². The monoisotopic (exact) mass is 458 g/mol. The van der Waals surface area contributed by atoms with Crippen molar-refractivity contribution in [1.82, 2.24) is 4.98 Å². The van der Waals surface area contributed by atoms with Crippen molar-refractivity contribution >= 4 is 62.9 Å². The molecule has 1 aromatic heterocycles. The zero-order valence-electron chi connectivity index (χ0n) is 13.5. The highest BCUT2D eigenvalue weighted by molar-refractivity contribution is 9.10. The van der Waals surface area contributed by atoms with E-state index in [2.05, 4.69) is 26.2 Å². The van der Waals surface area contributed by atoms with E-state index in [1.54, 1.807) is 12.1 Å². The van der Waals surface area contributed by atoms with E-state index >= 15 is 0 Å². The van der Waals surface area contributed by atoms with Gasteiger partial charge < -0.3 is 14.8 Å². The molecule has 0 radical (unpaired) electrons. The third kappa shape index (κ3) is 6.01. The molecule has 0 spiro atoms. The number of nitrogens with one attached hydrogen (secondary N) is 1. The first-order chi connectivity index (χ1) is 12.4. The molecule has 0 atom stereocenters. The molecule has 0 fully saturated rings. The predicted octanol–water partition coefficient (Wildman–Crippen LogP) is 4.35. The molecule has 0 aliphatic rings. The first-order valence-electron chi connectivity index (χ1n) is 7.18. The lowest BCUT2D eigenvalue weighted by Crippen LogP contribution is -2.20. The zero-order valence-corrected chi connectivity index (χ0v) is 16.6. The van der Waals surface area contributed by atoms with Crippen LogP contribution in [0.25, 0.3) is 6.08 Å². The molecule has 0 aliphatic heterocycles. The normalized spacial score (nSPS) is 10.6. The molecule has 1 N–H and O–H groups in total. The van der Waals surface area contributed by atoms with Gasteiger partial charge in [-0.2, -0.15) is 0 Å². The summed E-state index contributed by atoms with van der Waals surface area (Å²) in [6, 6.07) is 6.79. The number of anilines is 1. The number of amides is 1. The topological polar surface area (TPSA) is 77.5 Å². The van der Waals surface area contributed by atoms with Gasteiger partial charge in [-0.25, -0.2) is 9.78 Å². The second-order valence-corrected chi connectivity index (χ2v) is 6.62. The Balaban J connectivity index is 1.90. The van der Waals surface area contributed by atoms with Crippen LogP contribution in [0.2, 0.25) is 10.0 Å². The highest BCUT2D eigenvalue weighted by Gasteiger charge is 2.10. The largest absolute Gasteiger partial charge is 0.496 e. The second kappa shape index (κ2) is 9.56. The molecule has 0 aliphatic carbocycles. The van der Waals surface area contributed by atoms with Gasteiger partial charge in [0.15, 0.2) is 12.4 Å². The zero-order chi connectivity index (χ0) is 19.1. The average Bonchev–Trinajstić information content (AvgIpc) is 2.60. The van der Waals surface area contributed by atoms with Crippen molar-refractivity contribution in [3.8, 4) is 5.75 Å². The average molecular weight is 460 g/mol. The Bertz CT molecular complexity index is 859. The molecule has 0 saturated heterocycles. The van der Waals surface area contributed by atoms with Crippen molar-refractivity contribution in [3.63, 3.8) is 0 Å². The Morgan fingerprint density at radius 1 is 1.31 bits per heavy atom. The third-order valence-corrected chi connectivity index (χ3v) is 3.99. The summed E-state index contributed by atoms with van der Waals surface area (Å²) in [5.74, 6) is -0.536. The van der Waals surface area contributed by atoms with Gasteiger partial charge in [0.05, 0.1) is 17.2 Å². The van der Waals surface area contributed by atoms with Crippen LogP contribution >= 0.6 is 39.1 Å². The maximum atomic E-state index is 11.8. The molecule has 9 heteroatoms. The molecular formula is C17H13BrCl2N2O4. The molecule has 1 amide bonds. The summed E-state index contributed by atoms with van der Waals surface area (Å²) in [7, 11) is 1.53. The predicted molar refractivity (Wildman–Crippen MR) is 104 cm³/mol. The Morgan fingerprint density at radius 2 is 2.08 bits per heavy atom. The Morgan fingerprint density at radius 3 is 2.77 bits per heavy atom. The lowest BCUT2D eigenvalue weighted by molar-refractivity contribution is -0.142.